The van der Waals surface area contributed by atoms with Gasteiger partial charge in [0.2, 0.25) is 0 Å². The predicted octanol–water partition coefficient (Wildman–Crippen LogP) is 3.25. The lowest BCUT2D eigenvalue weighted by Gasteiger charge is -2.30. The maximum atomic E-state index is 12.4. The van der Waals surface area contributed by atoms with Gasteiger partial charge < -0.3 is 15.3 Å². The summed E-state index contributed by atoms with van der Waals surface area (Å²) in [7, 11) is 0. The van der Waals surface area contributed by atoms with Gasteiger partial charge in [-0.3, -0.25) is 4.79 Å². The molecule has 24 heavy (non-hydrogen) atoms. The first-order valence-electron chi connectivity index (χ1n) is 8.48. The second-order valence-corrected chi connectivity index (χ2v) is 7.84. The molecule has 2 amide bonds. The van der Waals surface area contributed by atoms with Crippen molar-refractivity contribution in [2.75, 3.05) is 13.1 Å². The molecule has 5 nitrogen and oxygen atoms in total. The first-order valence-corrected chi connectivity index (χ1v) is 8.48. The van der Waals surface area contributed by atoms with Gasteiger partial charge in [0.1, 0.15) is 0 Å². The molecule has 1 fully saturated rings. The highest BCUT2D eigenvalue weighted by Crippen LogP contribution is 2.31. The standard InChI is InChI=1S/C19H28N2O3/c1-14(12-18(2,3)15-8-6-5-7-9-15)20-17(24)21-11-10-19(4,13-21)16(22)23/h5-9,14H,10-13H2,1-4H3,(H,20,24)(H,22,23). The van der Waals surface area contributed by atoms with Crippen LogP contribution in [0.4, 0.5) is 4.79 Å². The van der Waals surface area contributed by atoms with Crippen LogP contribution < -0.4 is 5.32 Å². The summed E-state index contributed by atoms with van der Waals surface area (Å²) < 4.78 is 0. The molecule has 1 heterocycles. The molecule has 2 rings (SSSR count). The quantitative estimate of drug-likeness (QED) is 0.869. The van der Waals surface area contributed by atoms with Crippen LogP contribution in [0.2, 0.25) is 0 Å². The van der Waals surface area contributed by atoms with Crippen LogP contribution in [0.5, 0.6) is 0 Å². The Labute approximate surface area is 144 Å². The first kappa shape index (κ1) is 18.3. The fourth-order valence-electron chi connectivity index (χ4n) is 3.43. The fraction of sp³-hybridized carbons (Fsp3) is 0.579. The van der Waals surface area contributed by atoms with Crippen LogP contribution in [-0.2, 0) is 10.2 Å². The smallest absolute Gasteiger partial charge is 0.317 e. The predicted molar refractivity (Wildman–Crippen MR) is 94.0 cm³/mol. The molecule has 2 N–H and O–H groups in total. The highest BCUT2D eigenvalue weighted by molar-refractivity contribution is 5.79. The molecule has 0 radical (unpaired) electrons. The molecule has 2 atom stereocenters. The highest BCUT2D eigenvalue weighted by atomic mass is 16.4. The molecule has 2 unspecified atom stereocenters. The number of rotatable bonds is 5. The fourth-order valence-corrected chi connectivity index (χ4v) is 3.43. The van der Waals surface area contributed by atoms with Crippen molar-refractivity contribution in [1.29, 1.82) is 0 Å². The summed E-state index contributed by atoms with van der Waals surface area (Å²) in [6.07, 6.45) is 1.31. The number of aliphatic carboxylic acids is 1. The van der Waals surface area contributed by atoms with Gasteiger partial charge in [-0.1, -0.05) is 44.2 Å². The van der Waals surface area contributed by atoms with Crippen LogP contribution in [-0.4, -0.2) is 41.1 Å². The average molecular weight is 332 g/mol. The number of urea groups is 1. The summed E-state index contributed by atoms with van der Waals surface area (Å²) in [5, 5.41) is 12.3. The summed E-state index contributed by atoms with van der Waals surface area (Å²) in [5.74, 6) is -0.837. The number of benzene rings is 1. The molecule has 1 aromatic carbocycles. The minimum Gasteiger partial charge on any atom is -0.481 e. The van der Waals surface area contributed by atoms with Crippen molar-refractivity contribution in [3.8, 4) is 0 Å². The van der Waals surface area contributed by atoms with E-state index < -0.39 is 11.4 Å². The maximum Gasteiger partial charge on any atom is 0.317 e. The van der Waals surface area contributed by atoms with Gasteiger partial charge in [-0.2, -0.15) is 0 Å². The summed E-state index contributed by atoms with van der Waals surface area (Å²) >= 11 is 0. The number of carboxylic acid groups (broad SMARTS) is 1. The van der Waals surface area contributed by atoms with Crippen molar-refractivity contribution in [2.45, 2.75) is 52.0 Å². The third-order valence-electron chi connectivity index (χ3n) is 5.02. The van der Waals surface area contributed by atoms with Crippen LogP contribution >= 0.6 is 0 Å². The van der Waals surface area contributed by atoms with Crippen molar-refractivity contribution < 1.29 is 14.7 Å². The number of carbonyl (C=O) groups is 2. The number of hydrogen-bond acceptors (Lipinski definition) is 2. The number of nitrogens with zero attached hydrogens (tertiary/aromatic N) is 1. The molecule has 0 spiro atoms. The molecule has 132 valence electrons. The Bertz CT molecular complexity index is 600. The van der Waals surface area contributed by atoms with Crippen LogP contribution in [0, 0.1) is 5.41 Å². The minimum atomic E-state index is -0.837. The van der Waals surface area contributed by atoms with E-state index in [0.29, 0.717) is 13.0 Å². The zero-order chi connectivity index (χ0) is 18.0. The SMILES string of the molecule is CC(CC(C)(C)c1ccccc1)NC(=O)N1CCC(C)(C(=O)O)C1. The number of carbonyl (C=O) groups excluding carboxylic acids is 1. The molecular formula is C19H28N2O3. The molecular weight excluding hydrogens is 304 g/mol. The monoisotopic (exact) mass is 332 g/mol. The topological polar surface area (TPSA) is 69.6 Å². The summed E-state index contributed by atoms with van der Waals surface area (Å²) in [6.45, 7) is 8.79. The van der Waals surface area contributed by atoms with Gasteiger partial charge in [-0.05, 0) is 37.7 Å². The second-order valence-electron chi connectivity index (χ2n) is 7.84. The maximum absolute atomic E-state index is 12.4. The van der Waals surface area contributed by atoms with E-state index in [1.165, 1.54) is 5.56 Å². The lowest BCUT2D eigenvalue weighted by atomic mass is 9.79. The second kappa shape index (κ2) is 6.83. The van der Waals surface area contributed by atoms with E-state index in [9.17, 15) is 14.7 Å². The summed E-state index contributed by atoms with van der Waals surface area (Å²) in [4.78, 5) is 25.3. The van der Waals surface area contributed by atoms with Crippen LogP contribution in [0.15, 0.2) is 30.3 Å². The van der Waals surface area contributed by atoms with Gasteiger partial charge >= 0.3 is 12.0 Å². The van der Waals surface area contributed by atoms with Gasteiger partial charge in [-0.25, -0.2) is 4.79 Å². The number of amides is 2. The van der Waals surface area contributed by atoms with Crippen molar-refractivity contribution in [3.05, 3.63) is 35.9 Å². The Kier molecular flexibility index (Phi) is 5.21. The molecule has 0 saturated carbocycles. The summed E-state index contributed by atoms with van der Waals surface area (Å²) in [6, 6.07) is 10.1. The van der Waals surface area contributed by atoms with Crippen molar-refractivity contribution in [2.24, 2.45) is 5.41 Å². The lowest BCUT2D eigenvalue weighted by molar-refractivity contribution is -0.146. The van der Waals surface area contributed by atoms with Gasteiger partial charge in [0.05, 0.1) is 5.41 Å². The Hall–Kier alpha value is -2.04. The Morgan fingerprint density at radius 1 is 1.33 bits per heavy atom. The molecule has 1 saturated heterocycles. The third kappa shape index (κ3) is 4.08. The van der Waals surface area contributed by atoms with E-state index in [2.05, 4.69) is 31.3 Å². The molecule has 0 aromatic heterocycles. The van der Waals surface area contributed by atoms with Gasteiger partial charge in [-0.15, -0.1) is 0 Å². The minimum absolute atomic E-state index is 0.00407. The largest absolute Gasteiger partial charge is 0.481 e. The Morgan fingerprint density at radius 2 is 1.96 bits per heavy atom. The molecule has 1 aromatic rings. The molecule has 1 aliphatic rings. The van der Waals surface area contributed by atoms with Crippen molar-refractivity contribution in [3.63, 3.8) is 0 Å². The zero-order valence-electron chi connectivity index (χ0n) is 15.0. The number of hydrogen-bond donors (Lipinski definition) is 2. The number of likely N-dealkylation sites (tertiary alicyclic amines) is 1. The molecule has 1 aliphatic heterocycles. The van der Waals surface area contributed by atoms with Crippen LogP contribution in [0.25, 0.3) is 0 Å². The van der Waals surface area contributed by atoms with E-state index in [1.807, 2.05) is 25.1 Å². The Morgan fingerprint density at radius 3 is 2.50 bits per heavy atom. The zero-order valence-corrected chi connectivity index (χ0v) is 15.0. The van der Waals surface area contributed by atoms with Crippen LogP contribution in [0.1, 0.15) is 46.1 Å². The third-order valence-corrected chi connectivity index (χ3v) is 5.02. The number of carboxylic acids is 1. The number of nitrogens with one attached hydrogen (secondary N) is 1. The normalized spacial score (nSPS) is 22.2. The van der Waals surface area contributed by atoms with Crippen LogP contribution in [0.3, 0.4) is 0 Å². The molecule has 0 bridgehead atoms. The summed E-state index contributed by atoms with van der Waals surface area (Å²) in [5.41, 5.74) is 0.365. The van der Waals surface area contributed by atoms with E-state index >= 15 is 0 Å². The van der Waals surface area contributed by atoms with E-state index in [4.69, 9.17) is 0 Å². The molecule has 5 heteroatoms. The lowest BCUT2D eigenvalue weighted by Crippen LogP contribution is -2.45. The van der Waals surface area contributed by atoms with Gasteiger partial charge in [0.25, 0.3) is 0 Å². The van der Waals surface area contributed by atoms with Crippen molar-refractivity contribution in [1.82, 2.24) is 10.2 Å². The van der Waals surface area contributed by atoms with E-state index in [-0.39, 0.29) is 24.0 Å². The van der Waals surface area contributed by atoms with Crippen molar-refractivity contribution >= 4 is 12.0 Å². The van der Waals surface area contributed by atoms with Gasteiger partial charge in [0.15, 0.2) is 0 Å². The average Bonchev–Trinajstić information content (AvgIpc) is 2.91. The van der Waals surface area contributed by atoms with E-state index in [0.717, 1.165) is 6.42 Å². The van der Waals surface area contributed by atoms with Gasteiger partial charge in [0, 0.05) is 19.1 Å². The first-order chi connectivity index (χ1) is 11.1. The van der Waals surface area contributed by atoms with E-state index in [1.54, 1.807) is 11.8 Å². The highest BCUT2D eigenvalue weighted by Gasteiger charge is 2.42. The Balaban J connectivity index is 1.92. The molecule has 0 aliphatic carbocycles.